The van der Waals surface area contributed by atoms with Crippen LogP contribution < -0.4 is 15.5 Å². The summed E-state index contributed by atoms with van der Waals surface area (Å²) in [5, 5.41) is 2.28. The second-order valence-corrected chi connectivity index (χ2v) is 6.39. The van der Waals surface area contributed by atoms with Crippen molar-refractivity contribution in [2.24, 2.45) is 0 Å². The molecule has 1 aromatic rings. The monoisotopic (exact) mass is 311 g/mol. The molecule has 2 aliphatic heterocycles. The molecule has 2 heterocycles. The number of halogens is 2. The first-order valence-corrected chi connectivity index (χ1v) is 6.92. The standard InChI is InChI=1S/C14H16BF2NO4/c1-13(2)14(3,4)22-15(21-13)7-5-8(16)12-11(10(7)17)18-9(19)6-20-12/h5H,6H2,1-4H3,(H,18,19). The van der Waals surface area contributed by atoms with Crippen molar-refractivity contribution >= 4 is 24.2 Å². The van der Waals surface area contributed by atoms with Gasteiger partial charge < -0.3 is 19.4 Å². The minimum absolute atomic E-state index is 0.110. The molecule has 0 saturated carbocycles. The molecule has 0 aromatic heterocycles. The Morgan fingerprint density at radius 1 is 1.18 bits per heavy atom. The van der Waals surface area contributed by atoms with E-state index >= 15 is 0 Å². The minimum Gasteiger partial charge on any atom is -0.478 e. The topological polar surface area (TPSA) is 56.8 Å². The van der Waals surface area contributed by atoms with Gasteiger partial charge in [0.05, 0.1) is 11.2 Å². The first-order chi connectivity index (χ1) is 10.1. The fourth-order valence-electron chi connectivity index (χ4n) is 2.34. The molecule has 0 radical (unpaired) electrons. The average Bonchev–Trinajstić information content (AvgIpc) is 2.62. The highest BCUT2D eigenvalue weighted by atomic mass is 19.1. The summed E-state index contributed by atoms with van der Waals surface area (Å²) < 4.78 is 45.1. The number of amides is 1. The molecule has 1 aromatic carbocycles. The maximum absolute atomic E-state index is 14.6. The van der Waals surface area contributed by atoms with Crippen LogP contribution in [0.1, 0.15) is 27.7 Å². The zero-order valence-corrected chi connectivity index (χ0v) is 12.8. The van der Waals surface area contributed by atoms with Crippen molar-refractivity contribution in [3.8, 4) is 5.75 Å². The zero-order valence-electron chi connectivity index (χ0n) is 12.8. The van der Waals surface area contributed by atoms with E-state index in [1.165, 1.54) is 0 Å². The second-order valence-electron chi connectivity index (χ2n) is 6.39. The second kappa shape index (κ2) is 4.66. The molecular weight excluding hydrogens is 295 g/mol. The molecule has 0 unspecified atom stereocenters. The molecule has 0 aliphatic carbocycles. The fourth-order valence-corrected chi connectivity index (χ4v) is 2.34. The minimum atomic E-state index is -1.07. The maximum atomic E-state index is 14.6. The number of rotatable bonds is 1. The van der Waals surface area contributed by atoms with Gasteiger partial charge in [0.15, 0.2) is 24.0 Å². The molecule has 8 heteroatoms. The predicted molar refractivity (Wildman–Crippen MR) is 76.2 cm³/mol. The number of carbonyl (C=O) groups excluding carboxylic acids is 1. The summed E-state index contributed by atoms with van der Waals surface area (Å²) in [6, 6.07) is 0.980. The Bertz CT molecular complexity index is 647. The Morgan fingerprint density at radius 2 is 1.77 bits per heavy atom. The van der Waals surface area contributed by atoms with Gasteiger partial charge in [-0.1, -0.05) is 0 Å². The predicted octanol–water partition coefficient (Wildman–Crippen LogP) is 1.59. The molecule has 0 spiro atoms. The number of hydrogen-bond donors (Lipinski definition) is 1. The lowest BCUT2D eigenvalue weighted by Crippen LogP contribution is -2.41. The lowest BCUT2D eigenvalue weighted by atomic mass is 9.78. The number of benzene rings is 1. The highest BCUT2D eigenvalue weighted by Gasteiger charge is 2.53. The Kier molecular flexibility index (Phi) is 3.23. The van der Waals surface area contributed by atoms with E-state index in [2.05, 4.69) is 5.32 Å². The lowest BCUT2D eigenvalue weighted by Gasteiger charge is -2.32. The Hall–Kier alpha value is -1.67. The summed E-state index contributed by atoms with van der Waals surface area (Å²) in [7, 11) is -1.07. The third-order valence-electron chi connectivity index (χ3n) is 4.32. The van der Waals surface area contributed by atoms with Crippen molar-refractivity contribution in [1.82, 2.24) is 0 Å². The summed E-state index contributed by atoms with van der Waals surface area (Å²) >= 11 is 0. The average molecular weight is 311 g/mol. The van der Waals surface area contributed by atoms with E-state index in [-0.39, 0.29) is 23.5 Å². The first kappa shape index (κ1) is 15.2. The molecule has 5 nitrogen and oxygen atoms in total. The zero-order chi connectivity index (χ0) is 16.3. The number of nitrogens with one attached hydrogen (secondary N) is 1. The van der Waals surface area contributed by atoms with Crippen molar-refractivity contribution < 1.29 is 27.6 Å². The normalized spacial score (nSPS) is 22.1. The Morgan fingerprint density at radius 3 is 2.36 bits per heavy atom. The van der Waals surface area contributed by atoms with Crippen LogP contribution in [0.5, 0.6) is 5.75 Å². The third kappa shape index (κ3) is 2.17. The maximum Gasteiger partial charge on any atom is 0.498 e. The molecule has 1 fully saturated rings. The molecule has 1 N–H and O–H groups in total. The van der Waals surface area contributed by atoms with Gasteiger partial charge in [-0.05, 0) is 33.8 Å². The summed E-state index contributed by atoms with van der Waals surface area (Å²) in [4.78, 5) is 11.3. The van der Waals surface area contributed by atoms with E-state index in [0.29, 0.717) is 0 Å². The Balaban J connectivity index is 2.05. The molecule has 3 rings (SSSR count). The summed E-state index contributed by atoms with van der Waals surface area (Å²) in [6.07, 6.45) is 0. The van der Waals surface area contributed by atoms with E-state index in [9.17, 15) is 13.6 Å². The first-order valence-electron chi connectivity index (χ1n) is 6.92. The summed E-state index contributed by atoms with van der Waals surface area (Å²) in [6.45, 7) is 6.89. The van der Waals surface area contributed by atoms with Crippen LogP contribution in [0.25, 0.3) is 0 Å². The van der Waals surface area contributed by atoms with Gasteiger partial charge in [-0.3, -0.25) is 4.79 Å². The number of hydrogen-bond acceptors (Lipinski definition) is 4. The number of anilines is 1. The van der Waals surface area contributed by atoms with E-state index < -0.39 is 35.9 Å². The SMILES string of the molecule is CC1(C)OB(c2cc(F)c3c(c2F)NC(=O)CO3)OC1(C)C. The summed E-state index contributed by atoms with van der Waals surface area (Å²) in [5.41, 5.74) is -1.80. The number of carbonyl (C=O) groups is 1. The quantitative estimate of drug-likeness (QED) is 0.800. The van der Waals surface area contributed by atoms with Gasteiger partial charge in [-0.25, -0.2) is 8.78 Å². The van der Waals surface area contributed by atoms with Crippen molar-refractivity contribution in [3.05, 3.63) is 17.7 Å². The van der Waals surface area contributed by atoms with E-state index in [4.69, 9.17) is 14.0 Å². The van der Waals surface area contributed by atoms with E-state index in [1.807, 2.05) is 27.7 Å². The van der Waals surface area contributed by atoms with Crippen LogP contribution >= 0.6 is 0 Å². The Labute approximate surface area is 127 Å². The summed E-state index contributed by atoms with van der Waals surface area (Å²) in [5.74, 6) is -2.45. The van der Waals surface area contributed by atoms with Gasteiger partial charge in [0.1, 0.15) is 5.69 Å². The highest BCUT2D eigenvalue weighted by molar-refractivity contribution is 6.62. The van der Waals surface area contributed by atoms with Crippen LogP contribution in [0, 0.1) is 11.6 Å². The van der Waals surface area contributed by atoms with Gasteiger partial charge in [-0.2, -0.15) is 0 Å². The van der Waals surface area contributed by atoms with Gasteiger partial charge in [0.2, 0.25) is 0 Å². The van der Waals surface area contributed by atoms with Gasteiger partial charge in [-0.15, -0.1) is 0 Å². The fraction of sp³-hybridized carbons (Fsp3) is 0.500. The smallest absolute Gasteiger partial charge is 0.478 e. The van der Waals surface area contributed by atoms with Crippen molar-refractivity contribution in [1.29, 1.82) is 0 Å². The van der Waals surface area contributed by atoms with E-state index in [0.717, 1.165) is 6.07 Å². The van der Waals surface area contributed by atoms with Gasteiger partial charge in [0, 0.05) is 5.46 Å². The van der Waals surface area contributed by atoms with Crippen LogP contribution in [-0.4, -0.2) is 30.8 Å². The number of ether oxygens (including phenoxy) is 1. The largest absolute Gasteiger partial charge is 0.498 e. The highest BCUT2D eigenvalue weighted by Crippen LogP contribution is 2.38. The van der Waals surface area contributed by atoms with Crippen LogP contribution in [-0.2, 0) is 14.1 Å². The number of fused-ring (bicyclic) bond motifs is 1. The molecule has 118 valence electrons. The molecule has 2 aliphatic rings. The van der Waals surface area contributed by atoms with Gasteiger partial charge >= 0.3 is 7.12 Å². The third-order valence-corrected chi connectivity index (χ3v) is 4.32. The lowest BCUT2D eigenvalue weighted by molar-refractivity contribution is -0.118. The molecule has 0 atom stereocenters. The molecule has 1 saturated heterocycles. The van der Waals surface area contributed by atoms with Crippen molar-refractivity contribution in [2.75, 3.05) is 11.9 Å². The van der Waals surface area contributed by atoms with Crippen LogP contribution in [0.3, 0.4) is 0 Å². The van der Waals surface area contributed by atoms with Crippen molar-refractivity contribution in [3.63, 3.8) is 0 Å². The van der Waals surface area contributed by atoms with Crippen LogP contribution in [0.2, 0.25) is 0 Å². The van der Waals surface area contributed by atoms with Crippen LogP contribution in [0.4, 0.5) is 14.5 Å². The molecule has 0 bridgehead atoms. The molecule has 1 amide bonds. The van der Waals surface area contributed by atoms with Crippen LogP contribution in [0.15, 0.2) is 6.07 Å². The molecule has 22 heavy (non-hydrogen) atoms. The van der Waals surface area contributed by atoms with Crippen molar-refractivity contribution in [2.45, 2.75) is 38.9 Å². The van der Waals surface area contributed by atoms with E-state index in [1.54, 1.807) is 0 Å². The molecular formula is C14H16BF2NO4. The van der Waals surface area contributed by atoms with Gasteiger partial charge in [0.25, 0.3) is 5.91 Å².